The Balaban J connectivity index is 0.000000569. The maximum absolute atomic E-state index is 12.6. The first-order chi connectivity index (χ1) is 15.6. The minimum absolute atomic E-state index is 0.00560. The molecule has 3 rings (SSSR count). The second-order valence-corrected chi connectivity index (χ2v) is 8.15. The van der Waals surface area contributed by atoms with E-state index in [1.54, 1.807) is 10.9 Å². The second kappa shape index (κ2) is 11.8. The topological polar surface area (TPSA) is 119 Å². The third kappa shape index (κ3) is 6.90. The maximum atomic E-state index is 12.6. The van der Waals surface area contributed by atoms with Gasteiger partial charge in [0.15, 0.2) is 0 Å². The predicted molar refractivity (Wildman–Crippen MR) is 126 cm³/mol. The van der Waals surface area contributed by atoms with Crippen LogP contribution in [0.25, 0.3) is 10.9 Å². The second-order valence-electron chi connectivity index (χ2n) is 8.15. The van der Waals surface area contributed by atoms with Crippen LogP contribution >= 0.6 is 0 Å². The van der Waals surface area contributed by atoms with Crippen LogP contribution in [0, 0.1) is 0 Å². The van der Waals surface area contributed by atoms with Gasteiger partial charge in [-0.05, 0) is 41.5 Å². The molecule has 0 aliphatic heterocycles. The van der Waals surface area contributed by atoms with Gasteiger partial charge >= 0.3 is 11.9 Å². The molecule has 0 saturated carbocycles. The van der Waals surface area contributed by atoms with Crippen LogP contribution in [0.2, 0.25) is 0 Å². The summed E-state index contributed by atoms with van der Waals surface area (Å²) in [6.45, 7) is 9.92. The summed E-state index contributed by atoms with van der Waals surface area (Å²) in [7, 11) is 0. The van der Waals surface area contributed by atoms with Crippen molar-refractivity contribution in [3.05, 3.63) is 70.3 Å². The van der Waals surface area contributed by atoms with Gasteiger partial charge in [0.2, 0.25) is 0 Å². The van der Waals surface area contributed by atoms with Crippen LogP contribution in [0.3, 0.4) is 0 Å². The Morgan fingerprint density at radius 1 is 0.939 bits per heavy atom. The van der Waals surface area contributed by atoms with E-state index in [4.69, 9.17) is 24.5 Å². The molecule has 2 aromatic carbocycles. The lowest BCUT2D eigenvalue weighted by atomic mass is 9.94. The van der Waals surface area contributed by atoms with Gasteiger partial charge in [0.05, 0.1) is 23.8 Å². The number of para-hydroxylation sites is 2. The predicted octanol–water partition coefficient (Wildman–Crippen LogP) is 4.27. The SMILES string of the molecule is CC(C)c1cccc(C(C)C)c1OCCCn1cnc2ccccc2c1=O.O=C(O)C(=O)O. The molecule has 1 heterocycles. The number of benzene rings is 2. The minimum Gasteiger partial charge on any atom is -0.493 e. The summed E-state index contributed by atoms with van der Waals surface area (Å²) in [5, 5.41) is 15.4. The number of carbonyl (C=O) groups is 2. The van der Waals surface area contributed by atoms with Crippen LogP contribution in [0.15, 0.2) is 53.6 Å². The van der Waals surface area contributed by atoms with E-state index in [0.29, 0.717) is 30.4 Å². The maximum Gasteiger partial charge on any atom is 0.414 e. The van der Waals surface area contributed by atoms with Gasteiger partial charge < -0.3 is 14.9 Å². The molecule has 33 heavy (non-hydrogen) atoms. The molecule has 0 unspecified atom stereocenters. The molecule has 1 aromatic heterocycles. The third-order valence-electron chi connectivity index (χ3n) is 5.02. The van der Waals surface area contributed by atoms with E-state index in [2.05, 4.69) is 50.9 Å². The molecule has 0 amide bonds. The largest absolute Gasteiger partial charge is 0.493 e. The van der Waals surface area contributed by atoms with Gasteiger partial charge in [-0.25, -0.2) is 14.6 Å². The van der Waals surface area contributed by atoms with Gasteiger partial charge in [0, 0.05) is 6.54 Å². The van der Waals surface area contributed by atoms with E-state index >= 15 is 0 Å². The molecule has 0 aliphatic carbocycles. The first-order valence-corrected chi connectivity index (χ1v) is 10.8. The Labute approximate surface area is 192 Å². The number of aliphatic carboxylic acids is 2. The fraction of sp³-hybridized carbons (Fsp3) is 0.360. The number of aromatic nitrogens is 2. The van der Waals surface area contributed by atoms with Crippen molar-refractivity contribution in [2.45, 2.75) is 52.5 Å². The van der Waals surface area contributed by atoms with Crippen molar-refractivity contribution in [2.24, 2.45) is 0 Å². The van der Waals surface area contributed by atoms with Crippen molar-refractivity contribution in [2.75, 3.05) is 6.61 Å². The monoisotopic (exact) mass is 454 g/mol. The lowest BCUT2D eigenvalue weighted by molar-refractivity contribution is -0.159. The molecule has 8 nitrogen and oxygen atoms in total. The van der Waals surface area contributed by atoms with Gasteiger partial charge in [-0.15, -0.1) is 0 Å². The lowest BCUT2D eigenvalue weighted by Crippen LogP contribution is -2.21. The first-order valence-electron chi connectivity index (χ1n) is 10.8. The Kier molecular flexibility index (Phi) is 9.15. The van der Waals surface area contributed by atoms with Crippen LogP contribution in [-0.4, -0.2) is 38.3 Å². The van der Waals surface area contributed by atoms with Gasteiger partial charge in [-0.3, -0.25) is 9.36 Å². The summed E-state index contributed by atoms with van der Waals surface area (Å²) in [6, 6.07) is 13.8. The number of hydrogen-bond donors (Lipinski definition) is 2. The number of aryl methyl sites for hydroxylation is 1. The first kappa shape index (κ1) is 25.6. The molecule has 0 bridgehead atoms. The van der Waals surface area contributed by atoms with Crippen LogP contribution in [0.1, 0.15) is 57.1 Å². The number of ether oxygens (including phenoxy) is 1. The molecule has 0 saturated heterocycles. The van der Waals surface area contributed by atoms with Crippen molar-refractivity contribution >= 4 is 22.8 Å². The number of rotatable bonds is 7. The van der Waals surface area contributed by atoms with Crippen molar-refractivity contribution in [3.8, 4) is 5.75 Å². The Bertz CT molecular complexity index is 1130. The van der Waals surface area contributed by atoms with Crippen LogP contribution < -0.4 is 10.3 Å². The highest BCUT2D eigenvalue weighted by Gasteiger charge is 2.15. The Morgan fingerprint density at radius 2 is 1.52 bits per heavy atom. The summed E-state index contributed by atoms with van der Waals surface area (Å²) in [5.41, 5.74) is 3.23. The van der Waals surface area contributed by atoms with Crippen molar-refractivity contribution in [1.82, 2.24) is 9.55 Å². The van der Waals surface area contributed by atoms with Crippen molar-refractivity contribution < 1.29 is 24.5 Å². The van der Waals surface area contributed by atoms with E-state index in [1.807, 2.05) is 24.3 Å². The molecule has 0 atom stereocenters. The van der Waals surface area contributed by atoms with Gasteiger partial charge in [-0.2, -0.15) is 0 Å². The zero-order valence-corrected chi connectivity index (χ0v) is 19.3. The number of carboxylic acid groups (broad SMARTS) is 2. The van der Waals surface area contributed by atoms with E-state index in [0.717, 1.165) is 17.7 Å². The van der Waals surface area contributed by atoms with Crippen molar-refractivity contribution in [1.29, 1.82) is 0 Å². The van der Waals surface area contributed by atoms with Crippen LogP contribution in [0.5, 0.6) is 5.75 Å². The zero-order valence-electron chi connectivity index (χ0n) is 19.3. The van der Waals surface area contributed by atoms with Gasteiger partial charge in [0.1, 0.15) is 5.75 Å². The highest BCUT2D eigenvalue weighted by atomic mass is 16.5. The zero-order chi connectivity index (χ0) is 24.5. The molecule has 0 fully saturated rings. The fourth-order valence-corrected chi connectivity index (χ4v) is 3.32. The van der Waals surface area contributed by atoms with Gasteiger partial charge in [0.25, 0.3) is 5.56 Å². The smallest absolute Gasteiger partial charge is 0.414 e. The highest BCUT2D eigenvalue weighted by Crippen LogP contribution is 2.34. The lowest BCUT2D eigenvalue weighted by Gasteiger charge is -2.20. The molecule has 8 heteroatoms. The average Bonchev–Trinajstić information content (AvgIpc) is 2.78. The quantitative estimate of drug-likeness (QED) is 0.404. The number of carboxylic acids is 2. The Hall–Kier alpha value is -3.68. The van der Waals surface area contributed by atoms with E-state index in [1.165, 1.54) is 11.1 Å². The third-order valence-corrected chi connectivity index (χ3v) is 5.02. The standard InChI is InChI=1S/C23H28N2O2.C2H2O4/c1-16(2)18-10-7-11-19(17(3)4)22(18)27-14-8-13-25-15-24-21-12-6-5-9-20(21)23(25)26;3-1(4)2(5)6/h5-7,9-12,15-17H,8,13-14H2,1-4H3;(H,3,4)(H,5,6). The molecular formula is C25H30N2O6. The molecule has 0 radical (unpaired) electrons. The molecule has 176 valence electrons. The molecule has 0 aliphatic rings. The summed E-state index contributed by atoms with van der Waals surface area (Å²) >= 11 is 0. The van der Waals surface area contributed by atoms with Gasteiger partial charge in [-0.1, -0.05) is 58.0 Å². The summed E-state index contributed by atoms with van der Waals surface area (Å²) < 4.78 is 7.87. The van der Waals surface area contributed by atoms with Crippen molar-refractivity contribution in [3.63, 3.8) is 0 Å². The fourth-order valence-electron chi connectivity index (χ4n) is 3.32. The highest BCUT2D eigenvalue weighted by molar-refractivity contribution is 6.27. The summed E-state index contributed by atoms with van der Waals surface area (Å²) in [6.07, 6.45) is 2.39. The Morgan fingerprint density at radius 3 is 2.06 bits per heavy atom. The van der Waals surface area contributed by atoms with Crippen LogP contribution in [0.4, 0.5) is 0 Å². The number of hydrogen-bond acceptors (Lipinski definition) is 5. The van der Waals surface area contributed by atoms with Crippen LogP contribution in [-0.2, 0) is 16.1 Å². The molecule has 3 aromatic rings. The molecule has 0 spiro atoms. The summed E-state index contributed by atoms with van der Waals surface area (Å²) in [4.78, 5) is 35.1. The number of nitrogens with zero attached hydrogens (tertiary/aromatic N) is 2. The minimum atomic E-state index is -1.82. The van der Waals surface area contributed by atoms with E-state index in [-0.39, 0.29) is 5.56 Å². The van der Waals surface area contributed by atoms with E-state index in [9.17, 15) is 4.79 Å². The molecule has 2 N–H and O–H groups in total. The average molecular weight is 455 g/mol. The molecular weight excluding hydrogens is 424 g/mol. The normalized spacial score (nSPS) is 10.7. The summed E-state index contributed by atoms with van der Waals surface area (Å²) in [5.74, 6) is -1.83. The number of fused-ring (bicyclic) bond motifs is 1. The van der Waals surface area contributed by atoms with E-state index < -0.39 is 11.9 Å².